The van der Waals surface area contributed by atoms with Gasteiger partial charge < -0.3 is 4.74 Å². The summed E-state index contributed by atoms with van der Waals surface area (Å²) in [6.45, 7) is 2.02. The predicted octanol–water partition coefficient (Wildman–Crippen LogP) is 5.37. The molecule has 11 heteroatoms. The zero-order chi connectivity index (χ0) is 23.2. The number of morpholine rings is 1. The summed E-state index contributed by atoms with van der Waals surface area (Å²) in [7, 11) is 0. The number of anilines is 1. The Morgan fingerprint density at radius 3 is 2.15 bits per heavy atom. The smallest absolute Gasteiger partial charge is 0.379 e. The molecule has 0 amide bonds. The third-order valence-electron chi connectivity index (χ3n) is 8.54. The molecule has 6 rings (SSSR count). The number of fused-ring (bicyclic) bond motifs is 8. The first kappa shape index (κ1) is 21.6. The van der Waals surface area contributed by atoms with E-state index in [1.54, 1.807) is 0 Å². The highest BCUT2D eigenvalue weighted by Crippen LogP contribution is 2.67. The summed E-state index contributed by atoms with van der Waals surface area (Å²) in [5.41, 5.74) is -3.69. The van der Waals surface area contributed by atoms with E-state index < -0.39 is 29.1 Å². The molecule has 6 atom stereocenters. The number of hydrogen-bond acceptors (Lipinski definition) is 5. The fraction of sp³-hybridized carbons (Fsp3) is 0.727. The number of alkyl halides is 6. The average Bonchev–Trinajstić information content (AvgIpc) is 3.51. The number of nitrogens with zero attached hydrogens (tertiary/aromatic N) is 4. The Bertz CT molecular complexity index is 942. The van der Waals surface area contributed by atoms with E-state index in [0.29, 0.717) is 38.1 Å². The number of benzene rings is 1. The molecule has 180 valence electrons. The monoisotopic (exact) mass is 474 g/mol. The molecule has 33 heavy (non-hydrogen) atoms. The first-order chi connectivity index (χ1) is 15.6. The van der Waals surface area contributed by atoms with Crippen molar-refractivity contribution < 1.29 is 31.1 Å². The lowest BCUT2D eigenvalue weighted by Crippen LogP contribution is -2.69. The first-order valence-electron chi connectivity index (χ1n) is 11.4. The third kappa shape index (κ3) is 3.00. The van der Waals surface area contributed by atoms with E-state index in [2.05, 4.69) is 15.2 Å². The maximum Gasteiger partial charge on any atom is 0.416 e. The van der Waals surface area contributed by atoms with Crippen LogP contribution in [0, 0.1) is 23.7 Å². The van der Waals surface area contributed by atoms with Gasteiger partial charge in [-0.1, -0.05) is 11.6 Å². The second-order valence-electron chi connectivity index (χ2n) is 9.87. The van der Waals surface area contributed by atoms with Crippen LogP contribution in [0.1, 0.15) is 36.8 Å². The van der Waals surface area contributed by atoms with E-state index >= 15 is 0 Å². The summed E-state index contributed by atoms with van der Waals surface area (Å²) < 4.78 is 87.1. The van der Waals surface area contributed by atoms with Crippen LogP contribution in [0.3, 0.4) is 0 Å². The summed E-state index contributed by atoms with van der Waals surface area (Å²) in [6, 6.07) is 1.49. The van der Waals surface area contributed by atoms with Gasteiger partial charge in [-0.2, -0.15) is 31.5 Å². The minimum Gasteiger partial charge on any atom is -0.379 e. The number of ether oxygens (including phenoxy) is 1. The summed E-state index contributed by atoms with van der Waals surface area (Å²) in [4.78, 5) is 2.17. The Labute approximate surface area is 186 Å². The van der Waals surface area contributed by atoms with Crippen LogP contribution < -0.4 is 5.01 Å². The molecule has 5 aliphatic rings. The fourth-order valence-corrected chi connectivity index (χ4v) is 7.51. The van der Waals surface area contributed by atoms with Gasteiger partial charge >= 0.3 is 12.4 Å². The van der Waals surface area contributed by atoms with Gasteiger partial charge in [0.2, 0.25) is 0 Å². The normalized spacial score (nSPS) is 38.2. The summed E-state index contributed by atoms with van der Waals surface area (Å²) in [5.74, 6) is 1.26. The highest BCUT2D eigenvalue weighted by atomic mass is 19.4. The van der Waals surface area contributed by atoms with Crippen LogP contribution in [0.25, 0.3) is 0 Å². The Kier molecular flexibility index (Phi) is 4.63. The molecule has 0 unspecified atom stereocenters. The van der Waals surface area contributed by atoms with Gasteiger partial charge in [0.15, 0.2) is 0 Å². The van der Waals surface area contributed by atoms with E-state index in [0.717, 1.165) is 37.8 Å². The van der Waals surface area contributed by atoms with Crippen molar-refractivity contribution in [3.63, 3.8) is 0 Å². The lowest BCUT2D eigenvalue weighted by molar-refractivity contribution is -0.143. The van der Waals surface area contributed by atoms with Gasteiger partial charge in [-0.25, -0.2) is 5.01 Å². The molecule has 1 aromatic rings. The molecular formula is C22H24F6N4O. The van der Waals surface area contributed by atoms with E-state index in [4.69, 9.17) is 4.74 Å². The van der Waals surface area contributed by atoms with Crippen molar-refractivity contribution in [3.8, 4) is 0 Å². The lowest BCUT2D eigenvalue weighted by atomic mass is 9.71. The van der Waals surface area contributed by atoms with Crippen LogP contribution in [-0.2, 0) is 17.1 Å². The van der Waals surface area contributed by atoms with Crippen LogP contribution in [0.15, 0.2) is 28.5 Å². The van der Waals surface area contributed by atoms with Crippen molar-refractivity contribution in [2.75, 3.05) is 31.3 Å². The largest absolute Gasteiger partial charge is 0.416 e. The van der Waals surface area contributed by atoms with Gasteiger partial charge in [0, 0.05) is 19.0 Å². The van der Waals surface area contributed by atoms with Gasteiger partial charge in [-0.05, 0) is 55.2 Å². The molecule has 5 nitrogen and oxygen atoms in total. The highest BCUT2D eigenvalue weighted by molar-refractivity contribution is 5.56. The number of rotatable bonds is 2. The standard InChI is InChI=1S/C22H24F6N4O/c23-21(24,25)12-8-13(22(26,27)28)10-14(9-12)32-20(31-4-6-33-7-5-31)18-11-17(19(20)29-30-32)15-2-1-3-16(15)18/h8-10,15-19H,1-7,11H2/t15-,16+,17-,18-,19+,20+/m0/s1. The van der Waals surface area contributed by atoms with Gasteiger partial charge in [0.1, 0.15) is 11.7 Å². The van der Waals surface area contributed by atoms with Gasteiger partial charge in [-0.3, -0.25) is 4.90 Å². The van der Waals surface area contributed by atoms with Crippen LogP contribution in [0.2, 0.25) is 0 Å². The maximum absolute atomic E-state index is 13.6. The van der Waals surface area contributed by atoms with E-state index in [1.807, 2.05) is 0 Å². The SMILES string of the molecule is FC(F)(F)c1cc(N2N=N[C@@H]3[C@H]4C[C@@H]([C@@H]5CCC[C@@H]54)[C@]32N2CCOCC2)cc(C(F)(F)F)c1. The molecule has 4 fully saturated rings. The number of hydrogen-bond donors (Lipinski definition) is 0. The van der Waals surface area contributed by atoms with Gasteiger partial charge in [0.05, 0.1) is 30.0 Å². The van der Waals surface area contributed by atoms with Crippen LogP contribution in [0.4, 0.5) is 32.0 Å². The zero-order valence-electron chi connectivity index (χ0n) is 17.7. The van der Waals surface area contributed by atoms with E-state index in [1.165, 1.54) is 5.01 Å². The van der Waals surface area contributed by atoms with E-state index in [9.17, 15) is 26.3 Å². The molecular weight excluding hydrogens is 450 g/mol. The second-order valence-corrected chi connectivity index (χ2v) is 9.87. The lowest BCUT2D eigenvalue weighted by Gasteiger charge is -2.54. The van der Waals surface area contributed by atoms with Crippen molar-refractivity contribution in [1.82, 2.24) is 4.90 Å². The third-order valence-corrected chi connectivity index (χ3v) is 8.54. The van der Waals surface area contributed by atoms with Gasteiger partial charge in [0.25, 0.3) is 0 Å². The van der Waals surface area contributed by atoms with Crippen LogP contribution in [0.5, 0.6) is 0 Å². The van der Waals surface area contributed by atoms with E-state index in [-0.39, 0.29) is 29.6 Å². The summed E-state index contributed by atoms with van der Waals surface area (Å²) in [6.07, 6.45) is -5.69. The fourth-order valence-electron chi connectivity index (χ4n) is 7.51. The topological polar surface area (TPSA) is 40.4 Å². The summed E-state index contributed by atoms with van der Waals surface area (Å²) >= 11 is 0. The van der Waals surface area contributed by atoms with Crippen LogP contribution in [-0.4, -0.2) is 42.9 Å². The Morgan fingerprint density at radius 2 is 1.52 bits per heavy atom. The molecule has 2 bridgehead atoms. The van der Waals surface area contributed by atoms with Crippen molar-refractivity contribution in [1.29, 1.82) is 0 Å². The molecule has 0 spiro atoms. The predicted molar refractivity (Wildman–Crippen MR) is 105 cm³/mol. The Hall–Kier alpha value is -1.88. The molecule has 0 radical (unpaired) electrons. The quantitative estimate of drug-likeness (QED) is 0.541. The number of halogens is 6. The second kappa shape index (κ2) is 7.07. The molecule has 2 aliphatic heterocycles. The zero-order valence-corrected chi connectivity index (χ0v) is 17.7. The van der Waals surface area contributed by atoms with Crippen molar-refractivity contribution >= 4 is 5.69 Å². The molecule has 3 aliphatic carbocycles. The first-order valence-corrected chi connectivity index (χ1v) is 11.4. The molecule has 2 heterocycles. The minimum absolute atomic E-state index is 0.0944. The summed E-state index contributed by atoms with van der Waals surface area (Å²) in [5, 5.41) is 10.2. The Morgan fingerprint density at radius 1 is 0.879 bits per heavy atom. The molecule has 1 aromatic carbocycles. The maximum atomic E-state index is 13.6. The van der Waals surface area contributed by atoms with Crippen LogP contribution >= 0.6 is 0 Å². The van der Waals surface area contributed by atoms with Crippen molar-refractivity contribution in [3.05, 3.63) is 29.3 Å². The minimum atomic E-state index is -4.91. The average molecular weight is 474 g/mol. The molecule has 3 saturated carbocycles. The molecule has 0 N–H and O–H groups in total. The van der Waals surface area contributed by atoms with Crippen molar-refractivity contribution in [2.24, 2.45) is 34.0 Å². The molecule has 0 aromatic heterocycles. The van der Waals surface area contributed by atoms with Gasteiger partial charge in [-0.15, -0.1) is 0 Å². The Balaban J connectivity index is 1.51. The highest BCUT2D eigenvalue weighted by Gasteiger charge is 2.73. The molecule has 1 saturated heterocycles. The van der Waals surface area contributed by atoms with Crippen molar-refractivity contribution in [2.45, 2.75) is 49.7 Å².